The van der Waals surface area contributed by atoms with E-state index < -0.39 is 0 Å². The smallest absolute Gasteiger partial charge is 0.231 e. The average molecular weight is 437 g/mol. The molecule has 2 unspecified atom stereocenters. The van der Waals surface area contributed by atoms with E-state index in [4.69, 9.17) is 13.7 Å². The second-order valence-electron chi connectivity index (χ2n) is 8.37. The van der Waals surface area contributed by atoms with Gasteiger partial charge in [-0.2, -0.15) is 0 Å². The summed E-state index contributed by atoms with van der Waals surface area (Å²) < 4.78 is 17.3. The summed E-state index contributed by atoms with van der Waals surface area (Å²) in [5.74, 6) is 0.895. The molecule has 0 aliphatic carbocycles. The van der Waals surface area contributed by atoms with Crippen LogP contribution >= 0.6 is 0 Å². The predicted octanol–water partition coefficient (Wildman–Crippen LogP) is 5.78. The van der Waals surface area contributed by atoms with Crippen LogP contribution in [0, 0.1) is 5.92 Å². The molecule has 0 saturated carbocycles. The number of ketones is 1. The van der Waals surface area contributed by atoms with Crippen LogP contribution in [0.1, 0.15) is 55.6 Å². The summed E-state index contributed by atoms with van der Waals surface area (Å²) in [6, 6.07) is 13.5. The standard InChI is InChI=1S/C26H32N2O4/c1-3-14-28(4-2)26-22(24(27-32-26)19-10-6-5-7-11-19)18-20(17-21-12-8-15-30-21)25(29)23-13-9-16-31-23/h5-7,9-11,13,16,20-21H,3-4,8,12,14-15,17-18H2,1-2H3. The van der Waals surface area contributed by atoms with Gasteiger partial charge in [0.15, 0.2) is 5.76 Å². The van der Waals surface area contributed by atoms with Crippen molar-refractivity contribution in [3.63, 3.8) is 0 Å². The highest BCUT2D eigenvalue weighted by Gasteiger charge is 2.32. The molecular weight excluding hydrogens is 404 g/mol. The van der Waals surface area contributed by atoms with Crippen molar-refractivity contribution < 1.29 is 18.5 Å². The minimum absolute atomic E-state index is 0.00945. The third kappa shape index (κ3) is 4.96. The van der Waals surface area contributed by atoms with Crippen LogP contribution in [-0.4, -0.2) is 36.7 Å². The van der Waals surface area contributed by atoms with E-state index in [0.717, 1.165) is 61.7 Å². The molecule has 2 atom stereocenters. The fourth-order valence-corrected chi connectivity index (χ4v) is 4.53. The van der Waals surface area contributed by atoms with Gasteiger partial charge in [0, 0.05) is 36.7 Å². The number of hydrogen-bond donors (Lipinski definition) is 0. The van der Waals surface area contributed by atoms with Gasteiger partial charge in [0.05, 0.1) is 12.4 Å². The summed E-state index contributed by atoms with van der Waals surface area (Å²) in [5.41, 5.74) is 2.78. The number of nitrogens with zero attached hydrogens (tertiary/aromatic N) is 2. The first-order chi connectivity index (χ1) is 15.7. The molecule has 1 aliphatic heterocycles. The Balaban J connectivity index is 1.72. The fourth-order valence-electron chi connectivity index (χ4n) is 4.53. The van der Waals surface area contributed by atoms with Crippen molar-refractivity contribution in [3.05, 3.63) is 60.1 Å². The van der Waals surface area contributed by atoms with Crippen LogP contribution in [0.25, 0.3) is 11.3 Å². The van der Waals surface area contributed by atoms with Crippen LogP contribution < -0.4 is 4.90 Å². The molecule has 170 valence electrons. The van der Waals surface area contributed by atoms with Crippen LogP contribution in [-0.2, 0) is 11.2 Å². The van der Waals surface area contributed by atoms with E-state index in [2.05, 4.69) is 23.9 Å². The van der Waals surface area contributed by atoms with Crippen molar-refractivity contribution in [3.8, 4) is 11.3 Å². The molecule has 0 radical (unpaired) electrons. The van der Waals surface area contributed by atoms with Gasteiger partial charge in [0.2, 0.25) is 11.7 Å². The van der Waals surface area contributed by atoms with Crippen molar-refractivity contribution in [2.24, 2.45) is 5.92 Å². The first-order valence-corrected chi connectivity index (χ1v) is 11.7. The highest BCUT2D eigenvalue weighted by atomic mass is 16.5. The topological polar surface area (TPSA) is 68.7 Å². The van der Waals surface area contributed by atoms with Crippen LogP contribution in [0.2, 0.25) is 0 Å². The van der Waals surface area contributed by atoms with E-state index in [1.54, 1.807) is 18.4 Å². The summed E-state index contributed by atoms with van der Waals surface area (Å²) in [6.45, 7) is 6.71. The SMILES string of the molecule is CCCN(CC)c1onc(-c2ccccc2)c1CC(CC1CCCO1)C(=O)c1ccco1. The molecular formula is C26H32N2O4. The van der Waals surface area contributed by atoms with Crippen LogP contribution in [0.3, 0.4) is 0 Å². The maximum Gasteiger partial charge on any atom is 0.231 e. The monoisotopic (exact) mass is 436 g/mol. The molecule has 3 aromatic rings. The second-order valence-corrected chi connectivity index (χ2v) is 8.37. The third-order valence-corrected chi connectivity index (χ3v) is 6.13. The number of benzene rings is 1. The molecule has 0 amide bonds. The minimum atomic E-state index is -0.273. The van der Waals surface area contributed by atoms with Gasteiger partial charge in [-0.15, -0.1) is 0 Å². The molecule has 2 aromatic heterocycles. The quantitative estimate of drug-likeness (QED) is 0.355. The van der Waals surface area contributed by atoms with Gasteiger partial charge in [-0.05, 0) is 51.2 Å². The van der Waals surface area contributed by atoms with Crippen LogP contribution in [0.4, 0.5) is 5.88 Å². The first-order valence-electron chi connectivity index (χ1n) is 11.7. The Kier molecular flexibility index (Phi) is 7.43. The summed E-state index contributed by atoms with van der Waals surface area (Å²) in [7, 11) is 0. The van der Waals surface area contributed by atoms with Gasteiger partial charge in [-0.3, -0.25) is 4.79 Å². The highest BCUT2D eigenvalue weighted by Crippen LogP contribution is 2.36. The third-order valence-electron chi connectivity index (χ3n) is 6.13. The lowest BCUT2D eigenvalue weighted by Gasteiger charge is -2.23. The molecule has 3 heterocycles. The van der Waals surface area contributed by atoms with E-state index in [-0.39, 0.29) is 17.8 Å². The lowest BCUT2D eigenvalue weighted by Crippen LogP contribution is -2.26. The Labute approximate surface area is 189 Å². The zero-order valence-corrected chi connectivity index (χ0v) is 19.0. The number of anilines is 1. The average Bonchev–Trinajstić information content (AvgIpc) is 3.60. The molecule has 1 aliphatic rings. The summed E-state index contributed by atoms with van der Waals surface area (Å²) in [4.78, 5) is 15.6. The number of carbonyl (C=O) groups is 1. The Morgan fingerprint density at radius 3 is 2.69 bits per heavy atom. The van der Waals surface area contributed by atoms with Crippen LogP contribution in [0.5, 0.6) is 0 Å². The van der Waals surface area contributed by atoms with E-state index in [0.29, 0.717) is 18.6 Å². The molecule has 0 N–H and O–H groups in total. The van der Waals surface area contributed by atoms with Crippen molar-refractivity contribution >= 4 is 11.7 Å². The Bertz CT molecular complexity index is 975. The van der Waals surface area contributed by atoms with Gasteiger partial charge >= 0.3 is 0 Å². The number of hydrogen-bond acceptors (Lipinski definition) is 6. The van der Waals surface area contributed by atoms with E-state index in [9.17, 15) is 4.79 Å². The molecule has 1 saturated heterocycles. The number of carbonyl (C=O) groups excluding carboxylic acids is 1. The maximum absolute atomic E-state index is 13.4. The fraction of sp³-hybridized carbons (Fsp3) is 0.462. The maximum atomic E-state index is 13.4. The van der Waals surface area contributed by atoms with E-state index in [1.807, 2.05) is 30.3 Å². The zero-order chi connectivity index (χ0) is 22.3. The number of aromatic nitrogens is 1. The number of ether oxygens (including phenoxy) is 1. The lowest BCUT2D eigenvalue weighted by molar-refractivity contribution is 0.0705. The minimum Gasteiger partial charge on any atom is -0.461 e. The molecule has 1 fully saturated rings. The number of rotatable bonds is 11. The molecule has 6 heteroatoms. The Morgan fingerprint density at radius 1 is 1.19 bits per heavy atom. The van der Waals surface area contributed by atoms with Gasteiger partial charge in [-0.1, -0.05) is 42.4 Å². The van der Waals surface area contributed by atoms with E-state index >= 15 is 0 Å². The molecule has 0 bridgehead atoms. The Hall–Kier alpha value is -2.86. The Morgan fingerprint density at radius 2 is 2.03 bits per heavy atom. The summed E-state index contributed by atoms with van der Waals surface area (Å²) in [6.07, 6.45) is 5.87. The van der Waals surface area contributed by atoms with Gasteiger partial charge in [-0.25, -0.2) is 0 Å². The van der Waals surface area contributed by atoms with Gasteiger partial charge in [0.1, 0.15) is 5.69 Å². The van der Waals surface area contributed by atoms with E-state index in [1.165, 1.54) is 0 Å². The predicted molar refractivity (Wildman–Crippen MR) is 124 cm³/mol. The lowest BCUT2D eigenvalue weighted by atomic mass is 9.87. The second kappa shape index (κ2) is 10.6. The van der Waals surface area contributed by atoms with Crippen molar-refractivity contribution in [1.82, 2.24) is 5.16 Å². The normalized spacial score (nSPS) is 16.9. The molecule has 1 aromatic carbocycles. The van der Waals surface area contributed by atoms with Gasteiger partial charge < -0.3 is 18.6 Å². The zero-order valence-electron chi connectivity index (χ0n) is 19.0. The van der Waals surface area contributed by atoms with Crippen molar-refractivity contribution in [2.75, 3.05) is 24.6 Å². The summed E-state index contributed by atoms with van der Waals surface area (Å²) >= 11 is 0. The molecule has 6 nitrogen and oxygen atoms in total. The van der Waals surface area contributed by atoms with Gasteiger partial charge in [0.25, 0.3) is 0 Å². The highest BCUT2D eigenvalue weighted by molar-refractivity contribution is 5.95. The van der Waals surface area contributed by atoms with Crippen molar-refractivity contribution in [1.29, 1.82) is 0 Å². The first kappa shape index (κ1) is 22.3. The molecule has 0 spiro atoms. The number of Topliss-reactive ketones (excluding diaryl/α,β-unsaturated/α-hetero) is 1. The molecule has 32 heavy (non-hydrogen) atoms. The van der Waals surface area contributed by atoms with Crippen LogP contribution in [0.15, 0.2) is 57.7 Å². The van der Waals surface area contributed by atoms with Crippen molar-refractivity contribution in [2.45, 2.75) is 52.1 Å². The number of furan rings is 1. The largest absolute Gasteiger partial charge is 0.461 e. The summed E-state index contributed by atoms with van der Waals surface area (Å²) in [5, 5.41) is 4.46. The molecule has 4 rings (SSSR count).